The van der Waals surface area contributed by atoms with E-state index in [1.807, 2.05) is 30.3 Å². The number of aliphatic hydroxyl groups is 2. The molecule has 0 radical (unpaired) electrons. The van der Waals surface area contributed by atoms with Crippen molar-refractivity contribution in [2.45, 2.75) is 11.8 Å². The lowest BCUT2D eigenvalue weighted by molar-refractivity contribution is 0.115. The van der Waals surface area contributed by atoms with E-state index in [-0.39, 0.29) is 13.2 Å². The monoisotopic (exact) mass is 355 g/mol. The average Bonchev–Trinajstić information content (AvgIpc) is 2.48. The lowest BCUT2D eigenvalue weighted by Crippen LogP contribution is -2.37. The van der Waals surface area contributed by atoms with Crippen molar-refractivity contribution >= 4 is 27.5 Å². The van der Waals surface area contributed by atoms with E-state index in [0.29, 0.717) is 11.4 Å². The molecule has 20 heavy (non-hydrogen) atoms. The highest BCUT2D eigenvalue weighted by Gasteiger charge is 2.33. The van der Waals surface area contributed by atoms with Crippen molar-refractivity contribution < 1.29 is 10.2 Å². The molecule has 0 saturated heterocycles. The number of hydrogen-bond donors (Lipinski definition) is 2. The minimum absolute atomic E-state index is 0.203. The first kappa shape index (κ1) is 15.4. The quantitative estimate of drug-likeness (QED) is 0.866. The van der Waals surface area contributed by atoms with Gasteiger partial charge >= 0.3 is 0 Å². The molecule has 0 aliphatic rings. The second-order valence-electron chi connectivity index (χ2n) is 4.72. The summed E-state index contributed by atoms with van der Waals surface area (Å²) in [4.78, 5) is 4.30. The lowest BCUT2D eigenvalue weighted by Gasteiger charge is -2.31. The number of rotatable bonds is 5. The number of hydrogen-bond acceptors (Lipinski definition) is 3. The van der Waals surface area contributed by atoms with Gasteiger partial charge in [-0.25, -0.2) is 0 Å². The maximum absolute atomic E-state index is 9.81. The van der Waals surface area contributed by atoms with Gasteiger partial charge in [-0.1, -0.05) is 29.8 Å². The molecule has 0 saturated carbocycles. The van der Waals surface area contributed by atoms with Gasteiger partial charge in [-0.05, 0) is 39.7 Å². The van der Waals surface area contributed by atoms with Crippen LogP contribution in [0.5, 0.6) is 0 Å². The summed E-state index contributed by atoms with van der Waals surface area (Å²) in [6.07, 6.45) is 2.11. The van der Waals surface area contributed by atoms with Crippen LogP contribution in [-0.2, 0) is 11.8 Å². The van der Waals surface area contributed by atoms with Gasteiger partial charge in [0.2, 0.25) is 0 Å². The van der Waals surface area contributed by atoms with Crippen LogP contribution >= 0.6 is 27.5 Å². The Bertz CT molecular complexity index is 570. The van der Waals surface area contributed by atoms with Gasteiger partial charge in [0.15, 0.2) is 0 Å². The van der Waals surface area contributed by atoms with Crippen molar-refractivity contribution in [3.05, 3.63) is 63.3 Å². The summed E-state index contributed by atoms with van der Waals surface area (Å²) >= 11 is 9.54. The molecule has 106 valence electrons. The third-order valence-electron chi connectivity index (χ3n) is 3.36. The minimum atomic E-state index is -0.834. The number of benzene rings is 1. The fourth-order valence-electron chi connectivity index (χ4n) is 2.18. The summed E-state index contributed by atoms with van der Waals surface area (Å²) in [5.41, 5.74) is 0.687. The zero-order valence-corrected chi connectivity index (χ0v) is 13.1. The first-order valence-corrected chi connectivity index (χ1v) is 7.35. The first-order valence-electron chi connectivity index (χ1n) is 6.18. The molecule has 0 atom stereocenters. The Hall–Kier alpha value is -0.940. The Morgan fingerprint density at radius 1 is 1.10 bits per heavy atom. The maximum Gasteiger partial charge on any atom is 0.0554 e. The maximum atomic E-state index is 9.81. The normalized spacial score (nSPS) is 11.6. The highest BCUT2D eigenvalue weighted by atomic mass is 79.9. The van der Waals surface area contributed by atoms with E-state index in [9.17, 15) is 10.2 Å². The van der Waals surface area contributed by atoms with Crippen LogP contribution in [0.25, 0.3) is 0 Å². The third kappa shape index (κ3) is 3.20. The Kier molecular flexibility index (Phi) is 5.16. The Labute approximate surface area is 131 Å². The molecule has 2 N–H and O–H groups in total. The van der Waals surface area contributed by atoms with Crippen molar-refractivity contribution in [1.82, 2.24) is 4.98 Å². The number of aromatic nitrogens is 1. The largest absolute Gasteiger partial charge is 0.395 e. The molecule has 0 amide bonds. The van der Waals surface area contributed by atoms with Crippen LogP contribution in [0.4, 0.5) is 0 Å². The Morgan fingerprint density at radius 2 is 1.80 bits per heavy atom. The molecule has 0 spiro atoms. The number of aliphatic hydroxyl groups excluding tert-OH is 2. The molecular weight excluding hydrogens is 342 g/mol. The van der Waals surface area contributed by atoms with E-state index < -0.39 is 5.41 Å². The van der Waals surface area contributed by atoms with Crippen LogP contribution in [-0.4, -0.2) is 28.4 Å². The van der Waals surface area contributed by atoms with Gasteiger partial charge in [0, 0.05) is 33.2 Å². The topological polar surface area (TPSA) is 53.4 Å². The third-order valence-corrected chi connectivity index (χ3v) is 4.16. The SMILES string of the molecule is OCC(CO)(Cc1ccc(Br)cn1)c1ccccc1Cl. The average molecular weight is 357 g/mol. The van der Waals surface area contributed by atoms with Crippen LogP contribution in [0.15, 0.2) is 47.1 Å². The Morgan fingerprint density at radius 3 is 2.35 bits per heavy atom. The Balaban J connectivity index is 2.39. The van der Waals surface area contributed by atoms with Gasteiger partial charge in [0.05, 0.1) is 13.2 Å². The summed E-state index contributed by atoms with van der Waals surface area (Å²) in [7, 11) is 0. The number of halogens is 2. The summed E-state index contributed by atoms with van der Waals surface area (Å²) in [5.74, 6) is 0. The van der Waals surface area contributed by atoms with Gasteiger partial charge in [-0.15, -0.1) is 0 Å². The van der Waals surface area contributed by atoms with Gasteiger partial charge in [0.25, 0.3) is 0 Å². The highest BCUT2D eigenvalue weighted by Crippen LogP contribution is 2.32. The first-order chi connectivity index (χ1) is 9.61. The van der Waals surface area contributed by atoms with Gasteiger partial charge in [0.1, 0.15) is 0 Å². The standard InChI is InChI=1S/C15H15BrClNO2/c16-11-5-6-12(18-8-11)7-15(9-19,10-20)13-3-1-2-4-14(13)17/h1-6,8,19-20H,7,9-10H2. The summed E-state index contributed by atoms with van der Waals surface area (Å²) in [6.45, 7) is -0.407. The lowest BCUT2D eigenvalue weighted by atomic mass is 9.78. The van der Waals surface area contributed by atoms with E-state index in [1.54, 1.807) is 12.3 Å². The number of pyridine rings is 1. The van der Waals surface area contributed by atoms with E-state index in [1.165, 1.54) is 0 Å². The molecule has 0 bridgehead atoms. The molecule has 0 aliphatic carbocycles. The second kappa shape index (κ2) is 6.68. The minimum Gasteiger partial charge on any atom is -0.395 e. The van der Waals surface area contributed by atoms with E-state index in [4.69, 9.17) is 11.6 Å². The summed E-state index contributed by atoms with van der Waals surface area (Å²) in [6, 6.07) is 11.0. The van der Waals surface area contributed by atoms with Crippen molar-refractivity contribution in [3.63, 3.8) is 0 Å². The predicted molar refractivity (Wildman–Crippen MR) is 82.9 cm³/mol. The van der Waals surface area contributed by atoms with E-state index in [2.05, 4.69) is 20.9 Å². The summed E-state index contributed by atoms with van der Waals surface area (Å²) in [5, 5.41) is 20.2. The van der Waals surface area contributed by atoms with Gasteiger partial charge in [-0.3, -0.25) is 4.98 Å². The molecule has 1 aromatic carbocycles. The van der Waals surface area contributed by atoms with Crippen LogP contribution in [0.1, 0.15) is 11.3 Å². The number of nitrogens with zero attached hydrogens (tertiary/aromatic N) is 1. The van der Waals surface area contributed by atoms with E-state index >= 15 is 0 Å². The predicted octanol–water partition coefficient (Wildman–Crippen LogP) is 2.96. The molecule has 0 unspecified atom stereocenters. The van der Waals surface area contributed by atoms with Crippen molar-refractivity contribution in [1.29, 1.82) is 0 Å². The smallest absolute Gasteiger partial charge is 0.0554 e. The molecule has 2 rings (SSSR count). The van der Waals surface area contributed by atoms with Crippen molar-refractivity contribution in [2.24, 2.45) is 0 Å². The molecule has 1 aromatic heterocycles. The second-order valence-corrected chi connectivity index (χ2v) is 6.04. The van der Waals surface area contributed by atoms with Crippen LogP contribution < -0.4 is 0 Å². The zero-order chi connectivity index (χ0) is 14.6. The van der Waals surface area contributed by atoms with E-state index in [0.717, 1.165) is 15.7 Å². The van der Waals surface area contributed by atoms with Crippen molar-refractivity contribution in [2.75, 3.05) is 13.2 Å². The van der Waals surface area contributed by atoms with Crippen LogP contribution in [0.2, 0.25) is 5.02 Å². The highest BCUT2D eigenvalue weighted by molar-refractivity contribution is 9.10. The summed E-state index contributed by atoms with van der Waals surface area (Å²) < 4.78 is 0.887. The fraction of sp³-hybridized carbons (Fsp3) is 0.267. The molecule has 0 aliphatic heterocycles. The van der Waals surface area contributed by atoms with Gasteiger partial charge in [-0.2, -0.15) is 0 Å². The fourth-order valence-corrected chi connectivity index (χ4v) is 2.75. The molecule has 3 nitrogen and oxygen atoms in total. The molecular formula is C15H15BrClNO2. The molecule has 1 heterocycles. The van der Waals surface area contributed by atoms with Crippen LogP contribution in [0.3, 0.4) is 0 Å². The van der Waals surface area contributed by atoms with Crippen molar-refractivity contribution in [3.8, 4) is 0 Å². The molecule has 2 aromatic rings. The molecule has 0 fully saturated rings. The zero-order valence-electron chi connectivity index (χ0n) is 10.8. The van der Waals surface area contributed by atoms with Gasteiger partial charge < -0.3 is 10.2 Å². The van der Waals surface area contributed by atoms with Crippen LogP contribution in [0, 0.1) is 0 Å². The molecule has 5 heteroatoms.